The van der Waals surface area contributed by atoms with Gasteiger partial charge in [-0.3, -0.25) is 0 Å². The molecule has 3 atom stereocenters. The predicted octanol–water partition coefficient (Wildman–Crippen LogP) is 1.61. The molecule has 1 aliphatic carbocycles. The Kier molecular flexibility index (Phi) is 10.7. The van der Waals surface area contributed by atoms with Gasteiger partial charge in [-0.25, -0.2) is 9.07 Å². The first-order valence-electron chi connectivity index (χ1n) is 13.6. The second kappa shape index (κ2) is 14.2. The fraction of sp³-hybridized carbons (Fsp3) is 0.273. The van der Waals surface area contributed by atoms with E-state index >= 15 is 0 Å². The molecule has 1 aromatic heterocycles. The van der Waals surface area contributed by atoms with Crippen LogP contribution in [-0.2, 0) is 17.6 Å². The maximum atomic E-state index is 13.7. The number of aliphatic hydroxyl groups is 2. The SMILES string of the molecule is O=C([O-])C[C@@H](O)C[C@@H](O)/C=C/c1c2c(nn1-c1ccc(F)cc1)C(Cc1ccc(-c3ccccc3)cc1)CCC2.[Na+]. The Hall–Kier alpha value is -3.07. The summed E-state index contributed by atoms with van der Waals surface area (Å²) in [5.74, 6) is -1.50. The van der Waals surface area contributed by atoms with E-state index < -0.39 is 24.6 Å². The molecule has 0 aliphatic heterocycles. The second-order valence-corrected chi connectivity index (χ2v) is 10.4. The zero-order valence-corrected chi connectivity index (χ0v) is 25.1. The molecule has 41 heavy (non-hydrogen) atoms. The largest absolute Gasteiger partial charge is 1.00 e. The van der Waals surface area contributed by atoms with Crippen LogP contribution in [0.1, 0.15) is 54.1 Å². The number of halogens is 1. The number of carboxylic acid groups (broad SMARTS) is 1. The van der Waals surface area contributed by atoms with Crippen LogP contribution in [0.15, 0.2) is 84.9 Å². The maximum Gasteiger partial charge on any atom is 1.00 e. The number of hydrogen-bond donors (Lipinski definition) is 2. The summed E-state index contributed by atoms with van der Waals surface area (Å²) in [7, 11) is 0. The molecular formula is C33H32FN2NaO4. The zero-order valence-electron chi connectivity index (χ0n) is 23.1. The maximum absolute atomic E-state index is 13.7. The van der Waals surface area contributed by atoms with Crippen LogP contribution in [0.25, 0.3) is 22.9 Å². The van der Waals surface area contributed by atoms with Crippen molar-refractivity contribution in [2.45, 2.75) is 56.7 Å². The van der Waals surface area contributed by atoms with Crippen molar-refractivity contribution in [3.8, 4) is 16.8 Å². The van der Waals surface area contributed by atoms with Gasteiger partial charge in [0.15, 0.2) is 0 Å². The number of aliphatic hydroxyl groups excluding tert-OH is 2. The summed E-state index contributed by atoms with van der Waals surface area (Å²) in [5.41, 5.74) is 7.15. The van der Waals surface area contributed by atoms with Crippen LogP contribution in [0.3, 0.4) is 0 Å². The Balaban J connectivity index is 0.00000387. The van der Waals surface area contributed by atoms with E-state index in [1.54, 1.807) is 29.0 Å². The fourth-order valence-corrected chi connectivity index (χ4v) is 5.46. The number of nitrogens with zero attached hydrogens (tertiary/aromatic N) is 2. The monoisotopic (exact) mass is 562 g/mol. The molecule has 1 aliphatic rings. The third-order valence-electron chi connectivity index (χ3n) is 7.43. The van der Waals surface area contributed by atoms with Crippen LogP contribution in [0.5, 0.6) is 0 Å². The molecule has 0 bridgehead atoms. The summed E-state index contributed by atoms with van der Waals surface area (Å²) < 4.78 is 15.5. The molecule has 5 rings (SSSR count). The first kappa shape index (κ1) is 30.9. The smallest absolute Gasteiger partial charge is 0.550 e. The van der Waals surface area contributed by atoms with Gasteiger partial charge < -0.3 is 20.1 Å². The Morgan fingerprint density at radius 2 is 1.71 bits per heavy atom. The minimum atomic E-state index is -1.37. The van der Waals surface area contributed by atoms with E-state index in [4.69, 9.17) is 5.10 Å². The van der Waals surface area contributed by atoms with E-state index in [0.29, 0.717) is 5.69 Å². The number of carbonyl (C=O) groups excluding carboxylic acids is 1. The van der Waals surface area contributed by atoms with Gasteiger partial charge in [0, 0.05) is 30.3 Å². The zero-order chi connectivity index (χ0) is 28.1. The van der Waals surface area contributed by atoms with Crippen molar-refractivity contribution in [2.24, 2.45) is 0 Å². The van der Waals surface area contributed by atoms with E-state index in [-0.39, 0.29) is 47.7 Å². The molecular weight excluding hydrogens is 530 g/mol. The number of benzene rings is 3. The fourth-order valence-electron chi connectivity index (χ4n) is 5.46. The summed E-state index contributed by atoms with van der Waals surface area (Å²) in [5, 5.41) is 36.1. The Morgan fingerprint density at radius 1 is 1.02 bits per heavy atom. The van der Waals surface area contributed by atoms with E-state index in [0.717, 1.165) is 42.6 Å². The van der Waals surface area contributed by atoms with Crippen LogP contribution in [0.4, 0.5) is 4.39 Å². The van der Waals surface area contributed by atoms with Crippen molar-refractivity contribution in [1.29, 1.82) is 0 Å². The van der Waals surface area contributed by atoms with E-state index in [1.807, 2.05) is 18.2 Å². The molecule has 0 radical (unpaired) electrons. The number of hydrogen-bond acceptors (Lipinski definition) is 5. The Bertz CT molecular complexity index is 1470. The molecule has 0 fully saturated rings. The van der Waals surface area contributed by atoms with Gasteiger partial charge in [0.2, 0.25) is 0 Å². The molecule has 1 unspecified atom stereocenters. The summed E-state index contributed by atoms with van der Waals surface area (Å²) in [6, 6.07) is 25.0. The summed E-state index contributed by atoms with van der Waals surface area (Å²) >= 11 is 0. The van der Waals surface area contributed by atoms with Gasteiger partial charge in [-0.05, 0) is 72.7 Å². The van der Waals surface area contributed by atoms with Gasteiger partial charge in [-0.2, -0.15) is 5.10 Å². The number of fused-ring (bicyclic) bond motifs is 1. The van der Waals surface area contributed by atoms with Crippen LogP contribution in [0.2, 0.25) is 0 Å². The normalized spacial score (nSPS) is 16.1. The molecule has 3 aromatic carbocycles. The molecule has 4 aromatic rings. The Labute approximate surface area is 261 Å². The van der Waals surface area contributed by atoms with Gasteiger partial charge in [-0.15, -0.1) is 0 Å². The molecule has 206 valence electrons. The van der Waals surface area contributed by atoms with Crippen molar-refractivity contribution in [1.82, 2.24) is 9.78 Å². The summed E-state index contributed by atoms with van der Waals surface area (Å²) in [6.07, 6.45) is 4.03. The molecule has 0 saturated heterocycles. The van der Waals surface area contributed by atoms with Crippen molar-refractivity contribution in [2.75, 3.05) is 0 Å². The minimum absolute atomic E-state index is 0. The van der Waals surface area contributed by atoms with Crippen molar-refractivity contribution in [3.63, 3.8) is 0 Å². The third kappa shape index (κ3) is 7.82. The van der Waals surface area contributed by atoms with E-state index in [9.17, 15) is 24.5 Å². The summed E-state index contributed by atoms with van der Waals surface area (Å²) in [6.45, 7) is 0. The van der Waals surface area contributed by atoms with Gasteiger partial charge >= 0.3 is 29.6 Å². The standard InChI is InChI=1S/C33H33FN2O4.Na/c34-26-13-15-27(16-14-26)36-31(18-17-28(37)20-29(38)21-32(39)40)30-8-4-7-25(33(30)35-36)19-22-9-11-24(12-10-22)23-5-2-1-3-6-23;/h1-3,5-6,9-18,25,28-29,37-38H,4,7-8,19-21H2,(H,39,40);/q;+1/p-1/b18-17+;/t25?,28-,29-;/m0./s1. The average molecular weight is 563 g/mol. The second-order valence-electron chi connectivity index (χ2n) is 10.4. The van der Waals surface area contributed by atoms with Crippen molar-refractivity contribution >= 4 is 12.0 Å². The topological polar surface area (TPSA) is 98.4 Å². The van der Waals surface area contributed by atoms with Gasteiger partial charge in [-0.1, -0.05) is 60.7 Å². The average Bonchev–Trinajstić information content (AvgIpc) is 3.32. The first-order valence-corrected chi connectivity index (χ1v) is 13.6. The molecule has 2 N–H and O–H groups in total. The Morgan fingerprint density at radius 3 is 2.39 bits per heavy atom. The number of aromatic nitrogens is 2. The van der Waals surface area contributed by atoms with Crippen molar-refractivity contribution in [3.05, 3.63) is 113 Å². The molecule has 1 heterocycles. The minimum Gasteiger partial charge on any atom is -0.550 e. The van der Waals surface area contributed by atoms with Gasteiger partial charge in [0.1, 0.15) is 5.82 Å². The number of carboxylic acids is 1. The van der Waals surface area contributed by atoms with Crippen LogP contribution >= 0.6 is 0 Å². The van der Waals surface area contributed by atoms with Crippen LogP contribution in [0, 0.1) is 5.82 Å². The molecule has 6 nitrogen and oxygen atoms in total. The molecule has 8 heteroatoms. The van der Waals surface area contributed by atoms with Gasteiger partial charge in [0.25, 0.3) is 0 Å². The predicted molar refractivity (Wildman–Crippen MR) is 150 cm³/mol. The van der Waals surface area contributed by atoms with E-state index in [2.05, 4.69) is 36.4 Å². The number of aliphatic carboxylic acids is 1. The number of rotatable bonds is 10. The molecule has 0 amide bonds. The van der Waals surface area contributed by atoms with Gasteiger partial charge in [0.05, 0.1) is 29.3 Å². The summed E-state index contributed by atoms with van der Waals surface area (Å²) in [4.78, 5) is 10.8. The number of carbonyl (C=O) groups is 1. The first-order chi connectivity index (χ1) is 19.4. The quantitative estimate of drug-likeness (QED) is 0.286. The van der Waals surface area contributed by atoms with Crippen molar-refractivity contribution < 1.29 is 54.1 Å². The molecule has 0 spiro atoms. The molecule has 0 saturated carbocycles. The van der Waals surface area contributed by atoms with Crippen LogP contribution in [-0.4, -0.2) is 38.2 Å². The van der Waals surface area contributed by atoms with Crippen LogP contribution < -0.4 is 34.7 Å². The van der Waals surface area contributed by atoms with E-state index in [1.165, 1.54) is 28.8 Å². The third-order valence-corrected chi connectivity index (χ3v) is 7.43.